The highest BCUT2D eigenvalue weighted by Gasteiger charge is 2.20. The molecule has 1 aromatic carbocycles. The van der Waals surface area contributed by atoms with Gasteiger partial charge < -0.3 is 9.15 Å². The fraction of sp³-hybridized carbons (Fsp3) is 0.375. The third-order valence-corrected chi connectivity index (χ3v) is 2.84. The minimum Gasteiger partial charge on any atom is -0.462 e. The molecule has 0 spiro atoms. The number of rotatable bonds is 3. The standard InChI is InChI=1S/C16H19NO3/c1-5-19-14(18)12-8-6-11(7-9-12)13-10-20-15(17-13)16(2,3)4/h6-10H,5H2,1-4H3. The Bertz CT molecular complexity index is 591. The van der Waals surface area contributed by atoms with Crippen LogP contribution in [0.5, 0.6) is 0 Å². The van der Waals surface area contributed by atoms with Crippen LogP contribution in [0, 0.1) is 0 Å². The molecule has 0 unspecified atom stereocenters. The second-order valence-corrected chi connectivity index (χ2v) is 5.59. The molecule has 1 aromatic heterocycles. The Kier molecular flexibility index (Phi) is 3.93. The van der Waals surface area contributed by atoms with Gasteiger partial charge in [0.05, 0.1) is 12.2 Å². The number of aromatic nitrogens is 1. The van der Waals surface area contributed by atoms with E-state index < -0.39 is 0 Å². The molecule has 0 radical (unpaired) electrons. The van der Waals surface area contributed by atoms with Gasteiger partial charge in [-0.05, 0) is 19.1 Å². The third-order valence-electron chi connectivity index (χ3n) is 2.84. The average Bonchev–Trinajstić information content (AvgIpc) is 2.89. The Morgan fingerprint density at radius 2 is 1.90 bits per heavy atom. The van der Waals surface area contributed by atoms with Crippen molar-refractivity contribution >= 4 is 5.97 Å². The number of hydrogen-bond donors (Lipinski definition) is 0. The fourth-order valence-electron chi connectivity index (χ4n) is 1.74. The molecule has 0 aliphatic heterocycles. The smallest absolute Gasteiger partial charge is 0.338 e. The van der Waals surface area contributed by atoms with E-state index >= 15 is 0 Å². The Labute approximate surface area is 118 Å². The van der Waals surface area contributed by atoms with Gasteiger partial charge in [0.15, 0.2) is 5.89 Å². The zero-order valence-corrected chi connectivity index (χ0v) is 12.3. The molecule has 0 fully saturated rings. The first kappa shape index (κ1) is 14.3. The lowest BCUT2D eigenvalue weighted by atomic mass is 9.97. The van der Waals surface area contributed by atoms with Gasteiger partial charge in [0.2, 0.25) is 0 Å². The molecule has 2 aromatic rings. The van der Waals surface area contributed by atoms with Gasteiger partial charge >= 0.3 is 5.97 Å². The van der Waals surface area contributed by atoms with Crippen LogP contribution in [-0.2, 0) is 10.2 Å². The summed E-state index contributed by atoms with van der Waals surface area (Å²) in [6.45, 7) is 8.31. The molecule has 0 aliphatic carbocycles. The van der Waals surface area contributed by atoms with Crippen molar-refractivity contribution in [2.75, 3.05) is 6.61 Å². The largest absolute Gasteiger partial charge is 0.462 e. The Morgan fingerprint density at radius 1 is 1.25 bits per heavy atom. The number of carbonyl (C=O) groups is 1. The quantitative estimate of drug-likeness (QED) is 0.798. The van der Waals surface area contributed by atoms with E-state index in [-0.39, 0.29) is 11.4 Å². The zero-order valence-electron chi connectivity index (χ0n) is 12.3. The number of benzene rings is 1. The van der Waals surface area contributed by atoms with E-state index in [9.17, 15) is 4.79 Å². The lowest BCUT2D eigenvalue weighted by Crippen LogP contribution is -2.11. The summed E-state index contributed by atoms with van der Waals surface area (Å²) in [5, 5.41) is 0. The second kappa shape index (κ2) is 5.49. The lowest BCUT2D eigenvalue weighted by molar-refractivity contribution is 0.0526. The van der Waals surface area contributed by atoms with E-state index in [1.165, 1.54) is 0 Å². The predicted molar refractivity (Wildman–Crippen MR) is 76.6 cm³/mol. The first-order valence-corrected chi connectivity index (χ1v) is 6.65. The Hall–Kier alpha value is -2.10. The van der Waals surface area contributed by atoms with Crippen molar-refractivity contribution in [1.82, 2.24) is 4.98 Å². The van der Waals surface area contributed by atoms with E-state index in [2.05, 4.69) is 4.98 Å². The molecule has 2 rings (SSSR count). The lowest BCUT2D eigenvalue weighted by Gasteiger charge is -2.11. The van der Waals surface area contributed by atoms with Crippen molar-refractivity contribution in [2.24, 2.45) is 0 Å². The summed E-state index contributed by atoms with van der Waals surface area (Å²) in [7, 11) is 0. The molecule has 4 heteroatoms. The number of ether oxygens (including phenoxy) is 1. The van der Waals surface area contributed by atoms with Gasteiger partial charge in [-0.2, -0.15) is 0 Å². The maximum absolute atomic E-state index is 11.6. The molecular formula is C16H19NO3. The van der Waals surface area contributed by atoms with Crippen molar-refractivity contribution in [1.29, 1.82) is 0 Å². The average molecular weight is 273 g/mol. The maximum atomic E-state index is 11.6. The van der Waals surface area contributed by atoms with Crippen LogP contribution >= 0.6 is 0 Å². The summed E-state index contributed by atoms with van der Waals surface area (Å²) in [6.07, 6.45) is 1.64. The van der Waals surface area contributed by atoms with Crippen LogP contribution in [0.15, 0.2) is 34.9 Å². The van der Waals surface area contributed by atoms with Crippen molar-refractivity contribution < 1.29 is 13.9 Å². The molecule has 106 valence electrons. The highest BCUT2D eigenvalue weighted by atomic mass is 16.5. The van der Waals surface area contributed by atoms with Crippen LogP contribution in [0.2, 0.25) is 0 Å². The van der Waals surface area contributed by atoms with Crippen molar-refractivity contribution in [3.63, 3.8) is 0 Å². The highest BCUT2D eigenvalue weighted by molar-refractivity contribution is 5.89. The molecule has 0 aliphatic rings. The van der Waals surface area contributed by atoms with E-state index in [0.29, 0.717) is 18.1 Å². The summed E-state index contributed by atoms with van der Waals surface area (Å²) in [4.78, 5) is 16.1. The number of oxazole rings is 1. The first-order valence-electron chi connectivity index (χ1n) is 6.65. The van der Waals surface area contributed by atoms with E-state index in [0.717, 1.165) is 11.3 Å². The van der Waals surface area contributed by atoms with E-state index in [1.54, 1.807) is 25.3 Å². The summed E-state index contributed by atoms with van der Waals surface area (Å²) in [6, 6.07) is 7.16. The van der Waals surface area contributed by atoms with Crippen molar-refractivity contribution in [3.8, 4) is 11.3 Å². The van der Waals surface area contributed by atoms with Crippen LogP contribution in [0.25, 0.3) is 11.3 Å². The SMILES string of the molecule is CCOC(=O)c1ccc(-c2coc(C(C)(C)C)n2)cc1. The van der Waals surface area contributed by atoms with Gasteiger partial charge in [-0.25, -0.2) is 9.78 Å². The van der Waals surface area contributed by atoms with Gasteiger partial charge in [-0.1, -0.05) is 32.9 Å². The van der Waals surface area contributed by atoms with Gasteiger partial charge in [0.1, 0.15) is 12.0 Å². The monoisotopic (exact) mass is 273 g/mol. The minimum absolute atomic E-state index is 0.122. The number of esters is 1. The molecule has 20 heavy (non-hydrogen) atoms. The van der Waals surface area contributed by atoms with Crippen LogP contribution in [-0.4, -0.2) is 17.6 Å². The van der Waals surface area contributed by atoms with Crippen LogP contribution in [0.1, 0.15) is 43.9 Å². The minimum atomic E-state index is -0.311. The summed E-state index contributed by atoms with van der Waals surface area (Å²) in [5.74, 6) is 0.386. The number of hydrogen-bond acceptors (Lipinski definition) is 4. The first-order chi connectivity index (χ1) is 9.41. The van der Waals surface area contributed by atoms with Crippen LogP contribution in [0.3, 0.4) is 0 Å². The number of carbonyl (C=O) groups excluding carboxylic acids is 1. The molecule has 0 amide bonds. The van der Waals surface area contributed by atoms with Gasteiger partial charge in [-0.3, -0.25) is 0 Å². The summed E-state index contributed by atoms with van der Waals surface area (Å²) in [5.41, 5.74) is 2.10. The summed E-state index contributed by atoms with van der Waals surface area (Å²) < 4.78 is 10.4. The zero-order chi connectivity index (χ0) is 14.8. The Morgan fingerprint density at radius 3 is 2.40 bits per heavy atom. The van der Waals surface area contributed by atoms with Gasteiger partial charge in [0, 0.05) is 11.0 Å². The predicted octanol–water partition coefficient (Wildman–Crippen LogP) is 3.82. The second-order valence-electron chi connectivity index (χ2n) is 5.59. The maximum Gasteiger partial charge on any atom is 0.338 e. The molecule has 0 bridgehead atoms. The van der Waals surface area contributed by atoms with Gasteiger partial charge in [0.25, 0.3) is 0 Å². The van der Waals surface area contributed by atoms with E-state index in [1.807, 2.05) is 32.9 Å². The number of nitrogens with zero attached hydrogens (tertiary/aromatic N) is 1. The van der Waals surface area contributed by atoms with E-state index in [4.69, 9.17) is 9.15 Å². The fourth-order valence-corrected chi connectivity index (χ4v) is 1.74. The topological polar surface area (TPSA) is 52.3 Å². The highest BCUT2D eigenvalue weighted by Crippen LogP contribution is 2.26. The van der Waals surface area contributed by atoms with Crippen molar-refractivity contribution in [2.45, 2.75) is 33.1 Å². The molecule has 0 saturated heterocycles. The summed E-state index contributed by atoms with van der Waals surface area (Å²) >= 11 is 0. The van der Waals surface area contributed by atoms with Crippen LogP contribution < -0.4 is 0 Å². The molecule has 0 saturated carbocycles. The van der Waals surface area contributed by atoms with Crippen LogP contribution in [0.4, 0.5) is 0 Å². The molecule has 1 heterocycles. The normalized spacial score (nSPS) is 11.4. The molecule has 4 nitrogen and oxygen atoms in total. The molecule has 0 N–H and O–H groups in total. The Balaban J connectivity index is 2.22. The third kappa shape index (κ3) is 3.07. The van der Waals surface area contributed by atoms with Crippen molar-refractivity contribution in [3.05, 3.63) is 42.0 Å². The van der Waals surface area contributed by atoms with Gasteiger partial charge in [-0.15, -0.1) is 0 Å². The molecule has 0 atom stereocenters. The molecular weight excluding hydrogens is 254 g/mol.